The van der Waals surface area contributed by atoms with Crippen LogP contribution in [0, 0.1) is 12.7 Å². The van der Waals surface area contributed by atoms with Gasteiger partial charge in [0, 0.05) is 25.7 Å². The van der Waals surface area contributed by atoms with Crippen LogP contribution in [0.15, 0.2) is 71.7 Å². The maximum absolute atomic E-state index is 14.2. The summed E-state index contributed by atoms with van der Waals surface area (Å²) < 4.78 is 20.4. The summed E-state index contributed by atoms with van der Waals surface area (Å²) in [6.45, 7) is 5.69. The fraction of sp³-hybridized carbons (Fsp3) is 0.231. The average molecular weight is 429 g/mol. The van der Waals surface area contributed by atoms with E-state index in [1.54, 1.807) is 23.1 Å². The van der Waals surface area contributed by atoms with Crippen LogP contribution in [0.4, 0.5) is 10.1 Å². The van der Waals surface area contributed by atoms with Crippen LogP contribution < -0.4 is 4.74 Å². The lowest BCUT2D eigenvalue weighted by Crippen LogP contribution is -2.55. The quantitative estimate of drug-likeness (QED) is 0.536. The Labute approximate surface area is 186 Å². The number of ether oxygens (including phenoxy) is 1. The molecule has 5 nitrogen and oxygen atoms in total. The Morgan fingerprint density at radius 1 is 1.03 bits per heavy atom. The number of carbonyl (C=O) groups excluding carboxylic acids is 1. The van der Waals surface area contributed by atoms with Gasteiger partial charge in [0.25, 0.3) is 5.91 Å². The summed E-state index contributed by atoms with van der Waals surface area (Å²) in [5, 5.41) is 0. The Hall–Kier alpha value is -3.67. The van der Waals surface area contributed by atoms with E-state index in [2.05, 4.69) is 4.90 Å². The van der Waals surface area contributed by atoms with Crippen LogP contribution in [0.5, 0.6) is 11.5 Å². The summed E-state index contributed by atoms with van der Waals surface area (Å²) in [5.74, 6) is 1.55. The molecule has 3 aromatic rings. The van der Waals surface area contributed by atoms with Crippen LogP contribution in [0.25, 0.3) is 0 Å². The zero-order valence-corrected chi connectivity index (χ0v) is 18.1. The lowest BCUT2D eigenvalue weighted by atomic mass is 10.1. The topological polar surface area (TPSA) is 45.1 Å². The molecule has 162 valence electrons. The van der Waals surface area contributed by atoms with Gasteiger partial charge in [-0.1, -0.05) is 30.3 Å². The fourth-order valence-corrected chi connectivity index (χ4v) is 4.31. The van der Waals surface area contributed by atoms with Crippen molar-refractivity contribution in [1.82, 2.24) is 9.80 Å². The summed E-state index contributed by atoms with van der Waals surface area (Å²) in [6.07, 6.45) is 0. The Bertz CT molecular complexity index is 1220. The molecule has 2 aliphatic heterocycles. The molecular formula is C26H24FN3O2. The van der Waals surface area contributed by atoms with Crippen molar-refractivity contribution >= 4 is 17.4 Å². The lowest BCUT2D eigenvalue weighted by Gasteiger charge is -2.41. The zero-order valence-electron chi connectivity index (χ0n) is 18.1. The van der Waals surface area contributed by atoms with Gasteiger partial charge in [0.2, 0.25) is 0 Å². The number of hydrogen-bond donors (Lipinski definition) is 0. The molecular weight excluding hydrogens is 405 g/mol. The molecule has 1 fully saturated rings. The highest BCUT2D eigenvalue weighted by Gasteiger charge is 2.32. The lowest BCUT2D eigenvalue weighted by molar-refractivity contribution is 0.0576. The highest BCUT2D eigenvalue weighted by atomic mass is 19.1. The molecule has 2 heterocycles. The third kappa shape index (κ3) is 3.62. The van der Waals surface area contributed by atoms with Crippen molar-refractivity contribution in [2.24, 2.45) is 4.99 Å². The van der Waals surface area contributed by atoms with E-state index in [1.165, 1.54) is 6.07 Å². The molecule has 0 spiro atoms. The largest absolute Gasteiger partial charge is 0.454 e. The number of fused-ring (bicyclic) bond motifs is 2. The number of aliphatic imine (C=N–C) groups is 1. The van der Waals surface area contributed by atoms with E-state index in [4.69, 9.17) is 9.73 Å². The molecule has 0 N–H and O–H groups in total. The van der Waals surface area contributed by atoms with Crippen molar-refractivity contribution in [1.29, 1.82) is 0 Å². The first-order valence-electron chi connectivity index (χ1n) is 10.8. The normalized spacial score (nSPS) is 17.6. The van der Waals surface area contributed by atoms with E-state index in [0.717, 1.165) is 34.1 Å². The molecule has 5 rings (SSSR count). The first-order valence-corrected chi connectivity index (χ1v) is 10.8. The molecule has 0 radical (unpaired) electrons. The maximum Gasteiger partial charge on any atom is 0.257 e. The van der Waals surface area contributed by atoms with Gasteiger partial charge in [0.05, 0.1) is 11.1 Å². The maximum atomic E-state index is 14.2. The summed E-state index contributed by atoms with van der Waals surface area (Å²) in [4.78, 5) is 21.9. The van der Waals surface area contributed by atoms with E-state index in [1.807, 2.05) is 56.3 Å². The van der Waals surface area contributed by atoms with Gasteiger partial charge in [0.15, 0.2) is 5.75 Å². The summed E-state index contributed by atoms with van der Waals surface area (Å²) in [5.41, 5.74) is 2.91. The van der Waals surface area contributed by atoms with Crippen LogP contribution in [-0.2, 0) is 0 Å². The molecule has 0 bridgehead atoms. The molecule has 6 heteroatoms. The Morgan fingerprint density at radius 3 is 2.62 bits per heavy atom. The molecule has 0 saturated carbocycles. The monoisotopic (exact) mass is 429 g/mol. The van der Waals surface area contributed by atoms with Crippen molar-refractivity contribution < 1.29 is 13.9 Å². The Balaban J connectivity index is 1.46. The van der Waals surface area contributed by atoms with Crippen molar-refractivity contribution in [2.75, 3.05) is 19.6 Å². The molecule has 0 aliphatic carbocycles. The van der Waals surface area contributed by atoms with Crippen LogP contribution in [0.2, 0.25) is 0 Å². The van der Waals surface area contributed by atoms with Gasteiger partial charge in [-0.3, -0.25) is 4.79 Å². The molecule has 1 unspecified atom stereocenters. The number of piperazine rings is 1. The summed E-state index contributed by atoms with van der Waals surface area (Å²) in [7, 11) is 0. The van der Waals surface area contributed by atoms with Crippen LogP contribution in [0.3, 0.4) is 0 Å². The molecule has 1 amide bonds. The number of hydrogen-bond acceptors (Lipinski definition) is 4. The first-order chi connectivity index (χ1) is 15.5. The summed E-state index contributed by atoms with van der Waals surface area (Å²) >= 11 is 0. The molecule has 1 saturated heterocycles. The minimum atomic E-state index is -0.488. The van der Waals surface area contributed by atoms with Crippen LogP contribution in [-0.4, -0.2) is 47.2 Å². The van der Waals surface area contributed by atoms with Gasteiger partial charge in [0.1, 0.15) is 23.1 Å². The van der Waals surface area contributed by atoms with Gasteiger partial charge in [-0.05, 0) is 55.8 Å². The van der Waals surface area contributed by atoms with Crippen LogP contribution >= 0.6 is 0 Å². The Kier molecular flexibility index (Phi) is 5.13. The van der Waals surface area contributed by atoms with Gasteiger partial charge < -0.3 is 14.5 Å². The average Bonchev–Trinajstić information content (AvgIpc) is 2.95. The SMILES string of the molecule is Cc1ccc2c(c1)Oc1ccccc1C(N1CCN(C(=O)c3ccccc3F)C(C)C1)=N2. The Morgan fingerprint density at radius 2 is 1.81 bits per heavy atom. The van der Waals surface area contributed by atoms with Crippen molar-refractivity contribution in [2.45, 2.75) is 19.9 Å². The third-order valence-electron chi connectivity index (χ3n) is 5.98. The smallest absolute Gasteiger partial charge is 0.257 e. The predicted molar refractivity (Wildman–Crippen MR) is 122 cm³/mol. The second-order valence-corrected chi connectivity index (χ2v) is 8.28. The molecule has 2 aliphatic rings. The third-order valence-corrected chi connectivity index (χ3v) is 5.98. The van der Waals surface area contributed by atoms with Gasteiger partial charge >= 0.3 is 0 Å². The van der Waals surface area contributed by atoms with Gasteiger partial charge in [-0.25, -0.2) is 9.38 Å². The zero-order chi connectivity index (χ0) is 22.2. The highest BCUT2D eigenvalue weighted by Crippen LogP contribution is 2.39. The second-order valence-electron chi connectivity index (χ2n) is 8.28. The van der Waals surface area contributed by atoms with Gasteiger partial charge in [-0.15, -0.1) is 0 Å². The molecule has 3 aromatic carbocycles. The molecule has 1 atom stereocenters. The van der Waals surface area contributed by atoms with E-state index in [9.17, 15) is 9.18 Å². The minimum absolute atomic E-state index is 0.104. The number of halogens is 1. The number of rotatable bonds is 1. The van der Waals surface area contributed by atoms with E-state index < -0.39 is 5.82 Å². The second kappa shape index (κ2) is 8.11. The number of benzene rings is 3. The molecule has 32 heavy (non-hydrogen) atoms. The number of para-hydroxylation sites is 1. The summed E-state index contributed by atoms with van der Waals surface area (Å²) in [6, 6.07) is 19.9. The van der Waals surface area contributed by atoms with E-state index in [-0.39, 0.29) is 17.5 Å². The standard InChI is InChI=1S/C26H24FN3O2/c1-17-11-12-22-24(15-17)32-23-10-6-4-8-20(23)25(28-22)29-13-14-30(18(2)16-29)26(31)19-7-3-5-9-21(19)27/h3-12,15,18H,13-14,16H2,1-2H3. The molecule has 0 aromatic heterocycles. The van der Waals surface area contributed by atoms with Crippen LogP contribution in [0.1, 0.15) is 28.4 Å². The number of amidine groups is 1. The first kappa shape index (κ1) is 20.2. The number of nitrogens with zero attached hydrogens (tertiary/aromatic N) is 3. The number of carbonyl (C=O) groups is 1. The van der Waals surface area contributed by atoms with Gasteiger partial charge in [-0.2, -0.15) is 0 Å². The minimum Gasteiger partial charge on any atom is -0.454 e. The van der Waals surface area contributed by atoms with E-state index >= 15 is 0 Å². The fourth-order valence-electron chi connectivity index (χ4n) is 4.31. The highest BCUT2D eigenvalue weighted by molar-refractivity contribution is 6.04. The van der Waals surface area contributed by atoms with Crippen molar-refractivity contribution in [3.05, 3.63) is 89.2 Å². The number of amides is 1. The predicted octanol–water partition coefficient (Wildman–Crippen LogP) is 5.16. The van der Waals surface area contributed by atoms with E-state index in [0.29, 0.717) is 19.6 Å². The van der Waals surface area contributed by atoms with Crippen molar-refractivity contribution in [3.8, 4) is 11.5 Å². The number of aryl methyl sites for hydroxylation is 1. The van der Waals surface area contributed by atoms with Crippen molar-refractivity contribution in [3.63, 3.8) is 0 Å².